The number of amides is 2. The van der Waals surface area contributed by atoms with Gasteiger partial charge in [-0.15, -0.1) is 0 Å². The van der Waals surface area contributed by atoms with Gasteiger partial charge in [0, 0.05) is 28.4 Å². The maximum absolute atomic E-state index is 12.2. The highest BCUT2D eigenvalue weighted by Crippen LogP contribution is 2.23. The van der Waals surface area contributed by atoms with Crippen molar-refractivity contribution in [2.45, 2.75) is 13.8 Å². The number of ether oxygens (including phenoxy) is 1. The van der Waals surface area contributed by atoms with Crippen LogP contribution in [0.15, 0.2) is 42.1 Å². The smallest absolute Gasteiger partial charge is 0.343 e. The molecule has 0 fully saturated rings. The van der Waals surface area contributed by atoms with Crippen LogP contribution in [0, 0.1) is 0 Å². The first-order chi connectivity index (χ1) is 12.9. The molecule has 138 valence electrons. The van der Waals surface area contributed by atoms with Gasteiger partial charge < -0.3 is 4.74 Å². The number of nitrogens with one attached hydrogen (secondary N) is 1. The van der Waals surface area contributed by atoms with Crippen LogP contribution in [0.4, 0.5) is 5.82 Å². The molecule has 1 aromatic heterocycles. The monoisotopic (exact) mass is 386 g/mol. The number of benzene rings is 1. The molecule has 3 rings (SSSR count). The lowest BCUT2D eigenvalue weighted by Gasteiger charge is -2.18. The summed E-state index contributed by atoms with van der Waals surface area (Å²) in [6.07, 6.45) is 2.48. The Labute approximate surface area is 159 Å². The molecule has 2 aromatic rings. The van der Waals surface area contributed by atoms with E-state index in [9.17, 15) is 14.4 Å². The van der Waals surface area contributed by atoms with Crippen LogP contribution in [0.3, 0.4) is 0 Å². The largest absolute Gasteiger partial charge is 0.462 e. The molecule has 0 radical (unpaired) electrons. The van der Waals surface area contributed by atoms with E-state index in [0.717, 1.165) is 5.01 Å². The quantitative estimate of drug-likeness (QED) is 0.622. The van der Waals surface area contributed by atoms with Gasteiger partial charge in [-0.1, -0.05) is 11.6 Å². The van der Waals surface area contributed by atoms with Crippen molar-refractivity contribution < 1.29 is 19.1 Å². The lowest BCUT2D eigenvalue weighted by atomic mass is 10.2. The van der Waals surface area contributed by atoms with Crippen molar-refractivity contribution in [1.82, 2.24) is 15.0 Å². The van der Waals surface area contributed by atoms with E-state index in [4.69, 9.17) is 16.3 Å². The summed E-state index contributed by atoms with van der Waals surface area (Å²) in [6.45, 7) is 3.33. The van der Waals surface area contributed by atoms with Crippen molar-refractivity contribution in [2.24, 2.45) is 0 Å². The minimum atomic E-state index is -0.675. The Morgan fingerprint density at radius 2 is 1.96 bits per heavy atom. The second-order valence-electron chi connectivity index (χ2n) is 5.60. The van der Waals surface area contributed by atoms with Crippen LogP contribution < -0.4 is 5.43 Å². The number of aromatic nitrogens is 2. The van der Waals surface area contributed by atoms with Crippen molar-refractivity contribution in [2.75, 3.05) is 12.0 Å². The fourth-order valence-electron chi connectivity index (χ4n) is 2.36. The third-order valence-electron chi connectivity index (χ3n) is 3.71. The van der Waals surface area contributed by atoms with E-state index in [2.05, 4.69) is 15.4 Å². The van der Waals surface area contributed by atoms with Gasteiger partial charge in [-0.05, 0) is 38.1 Å². The predicted octanol–water partition coefficient (Wildman–Crippen LogP) is 2.62. The third-order valence-corrected chi connectivity index (χ3v) is 3.96. The van der Waals surface area contributed by atoms with Crippen molar-refractivity contribution in [3.63, 3.8) is 0 Å². The summed E-state index contributed by atoms with van der Waals surface area (Å²) in [5, 5.41) is 1.33. The molecule has 1 aliphatic rings. The molecule has 0 aliphatic carbocycles. The number of imide groups is 1. The summed E-state index contributed by atoms with van der Waals surface area (Å²) < 4.78 is 4.99. The van der Waals surface area contributed by atoms with Crippen molar-refractivity contribution >= 4 is 35.2 Å². The second-order valence-corrected chi connectivity index (χ2v) is 6.04. The Bertz CT molecular complexity index is 956. The maximum atomic E-state index is 12.2. The number of halogens is 1. The normalized spacial score (nSPS) is 13.6. The summed E-state index contributed by atoms with van der Waals surface area (Å²) in [6, 6.07) is 6.77. The zero-order chi connectivity index (χ0) is 19.6. The van der Waals surface area contributed by atoms with Gasteiger partial charge in [-0.25, -0.2) is 14.8 Å². The average Bonchev–Trinajstić information content (AvgIpc) is 2.88. The molecule has 0 unspecified atom stereocenters. The summed E-state index contributed by atoms with van der Waals surface area (Å²) in [5.41, 5.74) is 3.52. The van der Waals surface area contributed by atoms with Crippen LogP contribution in [0.2, 0.25) is 5.02 Å². The van der Waals surface area contributed by atoms with E-state index >= 15 is 0 Å². The molecule has 0 bridgehead atoms. The van der Waals surface area contributed by atoms with Crippen molar-refractivity contribution in [1.29, 1.82) is 0 Å². The van der Waals surface area contributed by atoms with E-state index in [1.807, 2.05) is 0 Å². The Morgan fingerprint density at radius 3 is 2.56 bits per heavy atom. The van der Waals surface area contributed by atoms with Gasteiger partial charge in [0.05, 0.1) is 6.61 Å². The van der Waals surface area contributed by atoms with Crippen LogP contribution in [0.25, 0.3) is 11.4 Å². The third kappa shape index (κ3) is 3.80. The van der Waals surface area contributed by atoms with Crippen LogP contribution in [-0.4, -0.2) is 39.4 Å². The highest BCUT2D eigenvalue weighted by atomic mass is 35.5. The molecule has 27 heavy (non-hydrogen) atoms. The summed E-state index contributed by atoms with van der Waals surface area (Å²) in [5.74, 6) is -1.49. The van der Waals surface area contributed by atoms with Gasteiger partial charge in [-0.2, -0.15) is 5.01 Å². The number of rotatable bonds is 5. The molecule has 0 saturated carbocycles. The number of esters is 1. The molecule has 1 N–H and O–H groups in total. The average molecular weight is 387 g/mol. The molecular weight excluding hydrogens is 372 g/mol. The Morgan fingerprint density at radius 1 is 1.26 bits per heavy atom. The first-order valence-corrected chi connectivity index (χ1v) is 8.42. The number of carbonyl (C=O) groups is 3. The van der Waals surface area contributed by atoms with Crippen molar-refractivity contribution in [3.8, 4) is 11.4 Å². The fraction of sp³-hybridized carbons (Fsp3) is 0.167. The van der Waals surface area contributed by atoms with E-state index in [1.165, 1.54) is 19.2 Å². The minimum Gasteiger partial charge on any atom is -0.462 e. The summed E-state index contributed by atoms with van der Waals surface area (Å²) in [4.78, 5) is 44.8. The first-order valence-electron chi connectivity index (χ1n) is 8.04. The topological polar surface area (TPSA) is 101 Å². The highest BCUT2D eigenvalue weighted by Gasteiger charge is 2.30. The SMILES string of the molecule is CCOC(=O)c1cnc(-c2ccc(Cl)cc2)nc1NN1C(=O)C=C(C)C1=O. The summed E-state index contributed by atoms with van der Waals surface area (Å²) >= 11 is 5.89. The molecule has 2 amide bonds. The molecular formula is C18H15ClN4O4. The van der Waals surface area contributed by atoms with Gasteiger partial charge in [0.15, 0.2) is 11.6 Å². The number of hydrogen-bond acceptors (Lipinski definition) is 7. The van der Waals surface area contributed by atoms with Crippen LogP contribution in [0.5, 0.6) is 0 Å². The van der Waals surface area contributed by atoms with Gasteiger partial charge in [0.1, 0.15) is 5.56 Å². The van der Waals surface area contributed by atoms with Gasteiger partial charge in [0.25, 0.3) is 11.8 Å². The number of hydrazine groups is 1. The Balaban J connectivity index is 2.00. The van der Waals surface area contributed by atoms with E-state index in [-0.39, 0.29) is 29.4 Å². The number of carbonyl (C=O) groups excluding carboxylic acids is 3. The van der Waals surface area contributed by atoms with E-state index in [0.29, 0.717) is 10.6 Å². The van der Waals surface area contributed by atoms with Gasteiger partial charge in [0.2, 0.25) is 0 Å². The van der Waals surface area contributed by atoms with E-state index in [1.54, 1.807) is 31.2 Å². The predicted molar refractivity (Wildman–Crippen MR) is 97.7 cm³/mol. The zero-order valence-corrected chi connectivity index (χ0v) is 15.3. The minimum absolute atomic E-state index is 0.000262. The molecule has 1 aromatic carbocycles. The van der Waals surface area contributed by atoms with Crippen LogP contribution in [0.1, 0.15) is 24.2 Å². The maximum Gasteiger partial charge on any atom is 0.343 e. The van der Waals surface area contributed by atoms with Crippen LogP contribution >= 0.6 is 11.6 Å². The number of nitrogens with zero attached hydrogens (tertiary/aromatic N) is 3. The number of anilines is 1. The Hall–Kier alpha value is -3.26. The standard InChI is InChI=1S/C18H15ClN4O4/c1-3-27-18(26)13-9-20-15(11-4-6-12(19)7-5-11)21-16(13)22-23-14(24)8-10(2)17(23)25/h4-9H,3H2,1-2H3,(H,20,21,22). The molecule has 1 aliphatic heterocycles. The summed E-state index contributed by atoms with van der Waals surface area (Å²) in [7, 11) is 0. The second kappa shape index (κ2) is 7.55. The molecule has 9 heteroatoms. The number of hydrogen-bond donors (Lipinski definition) is 1. The zero-order valence-electron chi connectivity index (χ0n) is 14.5. The molecule has 0 saturated heterocycles. The molecule has 2 heterocycles. The lowest BCUT2D eigenvalue weighted by molar-refractivity contribution is -0.135. The fourth-order valence-corrected chi connectivity index (χ4v) is 2.49. The molecule has 8 nitrogen and oxygen atoms in total. The highest BCUT2D eigenvalue weighted by molar-refractivity contribution is 6.30. The van der Waals surface area contributed by atoms with E-state index < -0.39 is 17.8 Å². The Kier molecular flexibility index (Phi) is 5.18. The van der Waals surface area contributed by atoms with Crippen LogP contribution in [-0.2, 0) is 14.3 Å². The molecule has 0 spiro atoms. The van der Waals surface area contributed by atoms with Gasteiger partial charge in [-0.3, -0.25) is 15.0 Å². The lowest BCUT2D eigenvalue weighted by Crippen LogP contribution is -2.37. The first kappa shape index (κ1) is 18.5. The molecule has 0 atom stereocenters. The van der Waals surface area contributed by atoms with Gasteiger partial charge >= 0.3 is 5.97 Å². The van der Waals surface area contributed by atoms with Crippen molar-refractivity contribution in [3.05, 3.63) is 52.7 Å².